The van der Waals surface area contributed by atoms with Crippen molar-refractivity contribution >= 4 is 0 Å². The zero-order chi connectivity index (χ0) is 21.8. The monoisotopic (exact) mass is 407 g/mol. The first-order valence-corrected chi connectivity index (χ1v) is 10.7. The third-order valence-electron chi connectivity index (χ3n) is 5.78. The maximum Gasteiger partial charge on any atom is 0.100 e. The molecule has 1 nitrogen and oxygen atoms in total. The molecular formula is C31H21N. The van der Waals surface area contributed by atoms with E-state index in [2.05, 4.69) is 72.8 Å². The van der Waals surface area contributed by atoms with Crippen LogP contribution in [0.5, 0.6) is 0 Å². The average Bonchev–Trinajstić information content (AvgIpc) is 2.89. The van der Waals surface area contributed by atoms with Gasteiger partial charge in [-0.05, 0) is 33.4 Å². The minimum absolute atomic E-state index is 0.694. The molecule has 5 aromatic carbocycles. The minimum atomic E-state index is 0.694. The van der Waals surface area contributed by atoms with E-state index in [1.807, 2.05) is 60.7 Å². The van der Waals surface area contributed by atoms with Crippen LogP contribution >= 0.6 is 0 Å². The summed E-state index contributed by atoms with van der Waals surface area (Å²) in [5, 5.41) is 10.3. The highest BCUT2D eigenvalue weighted by atomic mass is 14.3. The maximum atomic E-state index is 10.3. The van der Waals surface area contributed by atoms with Crippen LogP contribution in [0, 0.1) is 11.3 Å². The summed E-state index contributed by atoms with van der Waals surface area (Å²) >= 11 is 0. The van der Waals surface area contributed by atoms with Crippen LogP contribution in [0.4, 0.5) is 0 Å². The Morgan fingerprint density at radius 1 is 0.344 bits per heavy atom. The van der Waals surface area contributed by atoms with Gasteiger partial charge in [-0.25, -0.2) is 0 Å². The molecule has 0 aromatic heterocycles. The molecule has 0 amide bonds. The topological polar surface area (TPSA) is 23.8 Å². The third-order valence-corrected chi connectivity index (χ3v) is 5.78. The van der Waals surface area contributed by atoms with E-state index in [4.69, 9.17) is 0 Å². The predicted molar refractivity (Wildman–Crippen MR) is 133 cm³/mol. The van der Waals surface area contributed by atoms with E-state index in [1.165, 1.54) is 0 Å². The van der Waals surface area contributed by atoms with E-state index in [0.717, 1.165) is 44.5 Å². The molecule has 0 aliphatic carbocycles. The minimum Gasteiger partial charge on any atom is -0.192 e. The normalized spacial score (nSPS) is 10.5. The molecule has 32 heavy (non-hydrogen) atoms. The Morgan fingerprint density at radius 2 is 0.688 bits per heavy atom. The van der Waals surface area contributed by atoms with Crippen molar-refractivity contribution in [2.75, 3.05) is 0 Å². The summed E-state index contributed by atoms with van der Waals surface area (Å²) in [7, 11) is 0. The molecule has 5 aromatic rings. The highest BCUT2D eigenvalue weighted by Gasteiger charge is 2.17. The van der Waals surface area contributed by atoms with Crippen molar-refractivity contribution in [3.8, 4) is 50.6 Å². The Hall–Kier alpha value is -4.41. The fourth-order valence-corrected chi connectivity index (χ4v) is 4.30. The number of rotatable bonds is 4. The molecule has 0 aliphatic rings. The van der Waals surface area contributed by atoms with Crippen LogP contribution in [0.3, 0.4) is 0 Å². The lowest BCUT2D eigenvalue weighted by atomic mass is 9.86. The Morgan fingerprint density at radius 3 is 1.09 bits per heavy atom. The van der Waals surface area contributed by atoms with Crippen LogP contribution in [0.15, 0.2) is 127 Å². The van der Waals surface area contributed by atoms with Crippen molar-refractivity contribution in [1.82, 2.24) is 0 Å². The fourth-order valence-electron chi connectivity index (χ4n) is 4.30. The fraction of sp³-hybridized carbons (Fsp3) is 0. The highest BCUT2D eigenvalue weighted by Crippen LogP contribution is 2.40. The van der Waals surface area contributed by atoms with Gasteiger partial charge < -0.3 is 0 Å². The SMILES string of the molecule is N#Cc1c(-c2ccccc2-c2ccccc2)cccc1-c1ccccc1-c1ccccc1. The van der Waals surface area contributed by atoms with Crippen LogP contribution in [0.25, 0.3) is 44.5 Å². The first-order chi connectivity index (χ1) is 15.9. The van der Waals surface area contributed by atoms with Crippen molar-refractivity contribution in [2.45, 2.75) is 0 Å². The first kappa shape index (κ1) is 19.5. The molecule has 0 heterocycles. The van der Waals surface area contributed by atoms with Gasteiger partial charge in [0.05, 0.1) is 5.56 Å². The molecule has 0 saturated carbocycles. The molecule has 0 N–H and O–H groups in total. The second kappa shape index (κ2) is 8.76. The van der Waals surface area contributed by atoms with Gasteiger partial charge in [0.1, 0.15) is 6.07 Å². The quantitative estimate of drug-likeness (QED) is 0.294. The first-order valence-electron chi connectivity index (χ1n) is 10.7. The lowest BCUT2D eigenvalue weighted by Crippen LogP contribution is -1.93. The molecule has 1 heteroatoms. The smallest absolute Gasteiger partial charge is 0.100 e. The van der Waals surface area contributed by atoms with Gasteiger partial charge in [-0.2, -0.15) is 5.26 Å². The molecule has 0 aliphatic heterocycles. The molecule has 150 valence electrons. The summed E-state index contributed by atoms with van der Waals surface area (Å²) in [6.45, 7) is 0. The summed E-state index contributed by atoms with van der Waals surface area (Å²) in [5.41, 5.74) is 9.25. The number of nitrogens with zero attached hydrogens (tertiary/aromatic N) is 1. The van der Waals surface area contributed by atoms with Crippen molar-refractivity contribution < 1.29 is 0 Å². The van der Waals surface area contributed by atoms with Crippen molar-refractivity contribution in [3.63, 3.8) is 0 Å². The molecule has 5 rings (SSSR count). The predicted octanol–water partition coefficient (Wildman–Crippen LogP) is 8.23. The second-order valence-corrected chi connectivity index (χ2v) is 7.66. The standard InChI is InChI=1S/C31H21N/c32-22-31-29(27-18-9-7-16-25(27)23-12-3-1-4-13-23)20-11-21-30(31)28-19-10-8-17-26(28)24-14-5-2-6-15-24/h1-21H. The van der Waals surface area contributed by atoms with E-state index >= 15 is 0 Å². The van der Waals surface area contributed by atoms with Crippen LogP contribution in [-0.4, -0.2) is 0 Å². The van der Waals surface area contributed by atoms with Crippen molar-refractivity contribution in [1.29, 1.82) is 5.26 Å². The Kier molecular flexibility index (Phi) is 5.35. The Balaban J connectivity index is 1.73. The Labute approximate surface area is 188 Å². The molecule has 0 fully saturated rings. The van der Waals surface area contributed by atoms with Gasteiger partial charge in [-0.15, -0.1) is 0 Å². The van der Waals surface area contributed by atoms with Crippen LogP contribution in [0.1, 0.15) is 5.56 Å². The van der Waals surface area contributed by atoms with Gasteiger partial charge in [0.25, 0.3) is 0 Å². The van der Waals surface area contributed by atoms with Crippen molar-refractivity contribution in [3.05, 3.63) is 133 Å². The zero-order valence-corrected chi connectivity index (χ0v) is 17.6. The van der Waals surface area contributed by atoms with E-state index in [-0.39, 0.29) is 0 Å². The van der Waals surface area contributed by atoms with Gasteiger partial charge in [0.15, 0.2) is 0 Å². The van der Waals surface area contributed by atoms with E-state index in [0.29, 0.717) is 5.56 Å². The molecule has 0 bridgehead atoms. The summed E-state index contributed by atoms with van der Waals surface area (Å²) in [4.78, 5) is 0. The van der Waals surface area contributed by atoms with Gasteiger partial charge >= 0.3 is 0 Å². The third kappa shape index (κ3) is 3.60. The molecule has 0 unspecified atom stereocenters. The second-order valence-electron chi connectivity index (χ2n) is 7.66. The largest absolute Gasteiger partial charge is 0.192 e. The van der Waals surface area contributed by atoms with Crippen LogP contribution < -0.4 is 0 Å². The summed E-state index contributed by atoms with van der Waals surface area (Å²) < 4.78 is 0. The zero-order valence-electron chi connectivity index (χ0n) is 17.6. The molecule has 0 atom stereocenters. The Bertz CT molecular complexity index is 1310. The van der Waals surface area contributed by atoms with Crippen LogP contribution in [-0.2, 0) is 0 Å². The molecule has 0 saturated heterocycles. The number of nitriles is 1. The van der Waals surface area contributed by atoms with Crippen molar-refractivity contribution in [2.24, 2.45) is 0 Å². The highest BCUT2D eigenvalue weighted by molar-refractivity contribution is 5.93. The van der Waals surface area contributed by atoms with Crippen LogP contribution in [0.2, 0.25) is 0 Å². The van der Waals surface area contributed by atoms with Gasteiger partial charge in [0, 0.05) is 11.1 Å². The molecule has 0 spiro atoms. The molecule has 0 radical (unpaired) electrons. The summed E-state index contributed by atoms with van der Waals surface area (Å²) in [6.07, 6.45) is 0. The van der Waals surface area contributed by atoms with E-state index in [1.54, 1.807) is 0 Å². The number of hydrogen-bond donors (Lipinski definition) is 0. The lowest BCUT2D eigenvalue weighted by molar-refractivity contribution is 1.47. The van der Waals surface area contributed by atoms with E-state index in [9.17, 15) is 5.26 Å². The summed E-state index contributed by atoms with van der Waals surface area (Å²) in [5.74, 6) is 0. The van der Waals surface area contributed by atoms with E-state index < -0.39 is 0 Å². The van der Waals surface area contributed by atoms with Gasteiger partial charge in [-0.1, -0.05) is 127 Å². The average molecular weight is 408 g/mol. The summed E-state index contributed by atoms with van der Waals surface area (Å²) in [6, 6.07) is 46.0. The number of benzene rings is 5. The maximum absolute atomic E-state index is 10.3. The van der Waals surface area contributed by atoms with Gasteiger partial charge in [-0.3, -0.25) is 0 Å². The molecular weight excluding hydrogens is 386 g/mol. The number of hydrogen-bond acceptors (Lipinski definition) is 1. The lowest BCUT2D eigenvalue weighted by Gasteiger charge is -2.16. The van der Waals surface area contributed by atoms with Gasteiger partial charge in [0.2, 0.25) is 0 Å².